The van der Waals surface area contributed by atoms with Crippen LogP contribution in [-0.2, 0) is 16.6 Å². The molecule has 1 aliphatic rings. The third-order valence-electron chi connectivity index (χ3n) is 3.65. The maximum atomic E-state index is 13.9. The summed E-state index contributed by atoms with van der Waals surface area (Å²) in [5.74, 6) is -0.815. The molecule has 2 rings (SSSR count). The van der Waals surface area contributed by atoms with E-state index in [4.69, 9.17) is 5.11 Å². The molecule has 20 heavy (non-hydrogen) atoms. The zero-order valence-electron chi connectivity index (χ0n) is 11.6. The van der Waals surface area contributed by atoms with Gasteiger partial charge in [-0.2, -0.15) is 4.31 Å². The summed E-state index contributed by atoms with van der Waals surface area (Å²) >= 11 is 0. The lowest BCUT2D eigenvalue weighted by atomic mass is 10.2. The molecule has 1 atom stereocenters. The van der Waals surface area contributed by atoms with E-state index in [1.165, 1.54) is 16.4 Å². The normalized spacial score (nSPS) is 20.8. The average Bonchev–Trinajstić information content (AvgIpc) is 2.88. The molecule has 1 N–H and O–H groups in total. The molecule has 1 aromatic carbocycles. The van der Waals surface area contributed by atoms with Crippen molar-refractivity contribution in [1.29, 1.82) is 0 Å². The van der Waals surface area contributed by atoms with Crippen LogP contribution in [0.3, 0.4) is 0 Å². The van der Waals surface area contributed by atoms with Crippen LogP contribution in [0.2, 0.25) is 0 Å². The van der Waals surface area contributed by atoms with Crippen molar-refractivity contribution >= 4 is 10.0 Å². The summed E-state index contributed by atoms with van der Waals surface area (Å²) in [7, 11) is -0.0103. The number of hydrogen-bond acceptors (Lipinski definition) is 4. The number of sulfonamides is 1. The van der Waals surface area contributed by atoms with Crippen LogP contribution in [0.25, 0.3) is 0 Å². The molecular weight excluding hydrogens is 283 g/mol. The molecule has 5 nitrogen and oxygen atoms in total. The lowest BCUT2D eigenvalue weighted by Crippen LogP contribution is -2.34. The Labute approximate surface area is 118 Å². The van der Waals surface area contributed by atoms with Gasteiger partial charge in [0.1, 0.15) is 10.7 Å². The van der Waals surface area contributed by atoms with Crippen molar-refractivity contribution in [3.05, 3.63) is 29.6 Å². The van der Waals surface area contributed by atoms with E-state index in [2.05, 4.69) is 0 Å². The SMILES string of the molecule is CN(C)C1CCN(S(=O)(=O)c2ccc(CO)cc2F)C1. The number of aliphatic hydroxyl groups is 1. The first-order chi connectivity index (χ1) is 9.36. The number of halogens is 1. The van der Waals surface area contributed by atoms with Gasteiger partial charge in [-0.3, -0.25) is 0 Å². The molecule has 0 aliphatic carbocycles. The van der Waals surface area contributed by atoms with Crippen molar-refractivity contribution in [2.45, 2.75) is 24.0 Å². The topological polar surface area (TPSA) is 60.9 Å². The van der Waals surface area contributed by atoms with Crippen LogP contribution in [0, 0.1) is 5.82 Å². The van der Waals surface area contributed by atoms with Gasteiger partial charge >= 0.3 is 0 Å². The van der Waals surface area contributed by atoms with Gasteiger partial charge in [0.15, 0.2) is 0 Å². The molecule has 0 saturated carbocycles. The smallest absolute Gasteiger partial charge is 0.246 e. The van der Waals surface area contributed by atoms with Gasteiger partial charge in [-0.1, -0.05) is 6.07 Å². The molecule has 1 heterocycles. The van der Waals surface area contributed by atoms with E-state index in [0.29, 0.717) is 18.7 Å². The van der Waals surface area contributed by atoms with Crippen LogP contribution in [-0.4, -0.2) is 56.0 Å². The van der Waals surface area contributed by atoms with Gasteiger partial charge < -0.3 is 10.0 Å². The highest BCUT2D eigenvalue weighted by atomic mass is 32.2. The molecule has 0 bridgehead atoms. The zero-order chi connectivity index (χ0) is 14.9. The Morgan fingerprint density at radius 2 is 2.15 bits per heavy atom. The number of likely N-dealkylation sites (N-methyl/N-ethyl adjacent to an activating group) is 1. The monoisotopic (exact) mass is 302 g/mol. The van der Waals surface area contributed by atoms with Crippen molar-refractivity contribution < 1.29 is 17.9 Å². The fourth-order valence-corrected chi connectivity index (χ4v) is 3.88. The number of hydrogen-bond donors (Lipinski definition) is 1. The molecule has 1 fully saturated rings. The summed E-state index contributed by atoms with van der Waals surface area (Å²) in [5, 5.41) is 8.93. The van der Waals surface area contributed by atoms with E-state index in [-0.39, 0.29) is 17.5 Å². The quantitative estimate of drug-likeness (QED) is 0.887. The molecule has 0 spiro atoms. The second-order valence-electron chi connectivity index (χ2n) is 5.19. The van der Waals surface area contributed by atoms with Gasteiger partial charge in [0.2, 0.25) is 10.0 Å². The minimum Gasteiger partial charge on any atom is -0.392 e. The van der Waals surface area contributed by atoms with Crippen molar-refractivity contribution in [1.82, 2.24) is 9.21 Å². The van der Waals surface area contributed by atoms with E-state index < -0.39 is 15.8 Å². The van der Waals surface area contributed by atoms with Crippen molar-refractivity contribution in [2.24, 2.45) is 0 Å². The van der Waals surface area contributed by atoms with Gasteiger partial charge in [-0.05, 0) is 38.2 Å². The Kier molecular flexibility index (Phi) is 4.43. The van der Waals surface area contributed by atoms with E-state index >= 15 is 0 Å². The fourth-order valence-electron chi connectivity index (χ4n) is 2.34. The third kappa shape index (κ3) is 2.85. The van der Waals surface area contributed by atoms with Crippen molar-refractivity contribution in [3.63, 3.8) is 0 Å². The number of rotatable bonds is 4. The summed E-state index contributed by atoms with van der Waals surface area (Å²) in [4.78, 5) is 1.65. The van der Waals surface area contributed by atoms with E-state index in [1.54, 1.807) is 0 Å². The Bertz CT molecular complexity index is 589. The molecule has 1 aromatic rings. The molecule has 1 aliphatic heterocycles. The molecule has 0 radical (unpaired) electrons. The molecule has 0 amide bonds. The molecule has 7 heteroatoms. The Morgan fingerprint density at radius 3 is 2.65 bits per heavy atom. The van der Waals surface area contributed by atoms with Crippen LogP contribution >= 0.6 is 0 Å². The van der Waals surface area contributed by atoms with Crippen molar-refractivity contribution in [2.75, 3.05) is 27.2 Å². The lowest BCUT2D eigenvalue weighted by Gasteiger charge is -2.20. The Hall–Kier alpha value is -1.02. The van der Waals surface area contributed by atoms with Crippen LogP contribution in [0.15, 0.2) is 23.1 Å². The van der Waals surface area contributed by atoms with Gasteiger partial charge in [-0.15, -0.1) is 0 Å². The molecular formula is C13H19FN2O3S. The fraction of sp³-hybridized carbons (Fsp3) is 0.538. The van der Waals surface area contributed by atoms with E-state index in [9.17, 15) is 12.8 Å². The Morgan fingerprint density at radius 1 is 1.45 bits per heavy atom. The average molecular weight is 302 g/mol. The van der Waals surface area contributed by atoms with Gasteiger partial charge in [-0.25, -0.2) is 12.8 Å². The predicted molar refractivity (Wildman–Crippen MR) is 73.2 cm³/mol. The van der Waals surface area contributed by atoms with Gasteiger partial charge in [0.25, 0.3) is 0 Å². The second-order valence-corrected chi connectivity index (χ2v) is 7.10. The maximum Gasteiger partial charge on any atom is 0.246 e. The summed E-state index contributed by atoms with van der Waals surface area (Å²) in [6.07, 6.45) is 0.739. The van der Waals surface area contributed by atoms with Crippen molar-refractivity contribution in [3.8, 4) is 0 Å². The first kappa shape index (κ1) is 15.4. The van der Waals surface area contributed by atoms with Crippen LogP contribution in [0.5, 0.6) is 0 Å². The largest absolute Gasteiger partial charge is 0.392 e. The van der Waals surface area contributed by atoms with E-state index in [0.717, 1.165) is 12.5 Å². The minimum absolute atomic E-state index is 0.157. The summed E-state index contributed by atoms with van der Waals surface area (Å²) in [5.41, 5.74) is 0.356. The van der Waals surface area contributed by atoms with E-state index in [1.807, 2.05) is 19.0 Å². The number of nitrogens with zero attached hydrogens (tertiary/aromatic N) is 2. The highest BCUT2D eigenvalue weighted by Crippen LogP contribution is 2.25. The summed E-state index contributed by atoms with van der Waals surface area (Å²) < 4.78 is 40.1. The second kappa shape index (κ2) is 5.77. The summed E-state index contributed by atoms with van der Waals surface area (Å²) in [6.45, 7) is 0.451. The predicted octanol–water partition coefficient (Wildman–Crippen LogP) is 0.643. The maximum absolute atomic E-state index is 13.9. The summed E-state index contributed by atoms with van der Waals surface area (Å²) in [6, 6.07) is 3.87. The Balaban J connectivity index is 2.27. The minimum atomic E-state index is -3.81. The van der Waals surface area contributed by atoms with Crippen LogP contribution in [0.4, 0.5) is 4.39 Å². The molecule has 1 saturated heterocycles. The number of aliphatic hydroxyl groups excluding tert-OH is 1. The number of benzene rings is 1. The van der Waals surface area contributed by atoms with Crippen LogP contribution < -0.4 is 0 Å². The van der Waals surface area contributed by atoms with Crippen LogP contribution in [0.1, 0.15) is 12.0 Å². The van der Waals surface area contributed by atoms with Gasteiger partial charge in [0, 0.05) is 19.1 Å². The standard InChI is InChI=1S/C13H19FN2O3S/c1-15(2)11-5-6-16(8-11)20(18,19)13-4-3-10(9-17)7-12(13)14/h3-4,7,11,17H,5-6,8-9H2,1-2H3. The highest BCUT2D eigenvalue weighted by Gasteiger charge is 2.34. The first-order valence-corrected chi connectivity index (χ1v) is 7.86. The molecule has 1 unspecified atom stereocenters. The van der Waals surface area contributed by atoms with Gasteiger partial charge in [0.05, 0.1) is 6.61 Å². The zero-order valence-corrected chi connectivity index (χ0v) is 12.4. The first-order valence-electron chi connectivity index (χ1n) is 6.42. The lowest BCUT2D eigenvalue weighted by molar-refractivity contribution is 0.281. The highest BCUT2D eigenvalue weighted by molar-refractivity contribution is 7.89. The molecule has 112 valence electrons. The third-order valence-corrected chi connectivity index (χ3v) is 5.55. The molecule has 0 aromatic heterocycles.